The molecule has 0 fully saturated rings. The lowest BCUT2D eigenvalue weighted by Gasteiger charge is -2.19. The van der Waals surface area contributed by atoms with Crippen LogP contribution in [0.1, 0.15) is 34.1 Å². The smallest absolute Gasteiger partial charge is 0.104 e. The Hall–Kier alpha value is -0.150. The Bertz CT molecular complexity index is 151. The number of hydrogen-bond donors (Lipinski definition) is 1. The molecule has 0 aromatic heterocycles. The maximum Gasteiger partial charge on any atom is 0.104 e. The summed E-state index contributed by atoms with van der Waals surface area (Å²) >= 11 is 4.78. The molecule has 3 heteroatoms. The van der Waals surface area contributed by atoms with E-state index < -0.39 is 0 Å². The van der Waals surface area contributed by atoms with E-state index in [-0.39, 0.29) is 6.10 Å². The molecule has 0 bridgehead atoms. The molecular formula is C9H19NOS. The van der Waals surface area contributed by atoms with Crippen molar-refractivity contribution >= 4 is 17.2 Å². The topological polar surface area (TPSA) is 35.2 Å². The van der Waals surface area contributed by atoms with Crippen LogP contribution in [0.3, 0.4) is 0 Å². The zero-order valence-corrected chi connectivity index (χ0v) is 9.20. The molecule has 12 heavy (non-hydrogen) atoms. The van der Waals surface area contributed by atoms with Gasteiger partial charge in [0.05, 0.1) is 0 Å². The quantitative estimate of drug-likeness (QED) is 0.688. The van der Waals surface area contributed by atoms with E-state index in [1.54, 1.807) is 0 Å². The first-order valence-corrected chi connectivity index (χ1v) is 4.65. The molecule has 0 spiro atoms. The van der Waals surface area contributed by atoms with Crippen molar-refractivity contribution in [1.82, 2.24) is 0 Å². The van der Waals surface area contributed by atoms with Crippen LogP contribution >= 0.6 is 12.2 Å². The molecule has 0 aliphatic rings. The number of rotatable bonds is 4. The van der Waals surface area contributed by atoms with Gasteiger partial charge in [0, 0.05) is 6.61 Å². The predicted octanol–water partition coefficient (Wildman–Crippen LogP) is 2.11. The Labute approximate surface area is 80.5 Å². The van der Waals surface area contributed by atoms with E-state index in [9.17, 15) is 0 Å². The molecule has 2 N–H and O–H groups in total. The standard InChI is InChI=1S/C9H19NOS/c1-7(8(10)12)11-6-5-9(2,3)4/h7H,5-6H2,1-4H3,(H2,10,12). The molecule has 0 heterocycles. The van der Waals surface area contributed by atoms with Crippen LogP contribution in [0, 0.1) is 5.41 Å². The average molecular weight is 189 g/mol. The zero-order valence-electron chi connectivity index (χ0n) is 8.39. The van der Waals surface area contributed by atoms with Gasteiger partial charge in [0.1, 0.15) is 11.1 Å². The van der Waals surface area contributed by atoms with Crippen LogP contribution < -0.4 is 5.73 Å². The molecule has 0 aromatic rings. The van der Waals surface area contributed by atoms with Crippen LogP contribution in [0.2, 0.25) is 0 Å². The van der Waals surface area contributed by atoms with Crippen molar-refractivity contribution in [3.8, 4) is 0 Å². The number of thiocarbonyl (C=S) groups is 1. The summed E-state index contributed by atoms with van der Waals surface area (Å²) in [5.41, 5.74) is 5.71. The Morgan fingerprint density at radius 1 is 1.50 bits per heavy atom. The lowest BCUT2D eigenvalue weighted by Crippen LogP contribution is -2.27. The van der Waals surface area contributed by atoms with E-state index in [2.05, 4.69) is 20.8 Å². The molecule has 0 amide bonds. The van der Waals surface area contributed by atoms with Gasteiger partial charge in [-0.3, -0.25) is 0 Å². The molecule has 0 radical (unpaired) electrons. The summed E-state index contributed by atoms with van der Waals surface area (Å²) in [4.78, 5) is 0.434. The number of ether oxygens (including phenoxy) is 1. The molecule has 0 saturated heterocycles. The maximum atomic E-state index is 5.41. The monoisotopic (exact) mass is 189 g/mol. The van der Waals surface area contributed by atoms with Crippen LogP contribution in [-0.2, 0) is 4.74 Å². The summed E-state index contributed by atoms with van der Waals surface area (Å²) in [6, 6.07) is 0. The van der Waals surface area contributed by atoms with Gasteiger partial charge >= 0.3 is 0 Å². The highest BCUT2D eigenvalue weighted by Gasteiger charge is 2.11. The van der Waals surface area contributed by atoms with Gasteiger partial charge in [0.15, 0.2) is 0 Å². The maximum absolute atomic E-state index is 5.41. The van der Waals surface area contributed by atoms with Crippen molar-refractivity contribution in [3.05, 3.63) is 0 Å². The van der Waals surface area contributed by atoms with Gasteiger partial charge in [0.2, 0.25) is 0 Å². The molecule has 0 rings (SSSR count). The molecule has 0 saturated carbocycles. The van der Waals surface area contributed by atoms with Gasteiger partial charge in [-0.2, -0.15) is 0 Å². The summed E-state index contributed by atoms with van der Waals surface area (Å²) in [6.45, 7) is 9.15. The molecule has 0 aliphatic carbocycles. The van der Waals surface area contributed by atoms with Crippen molar-refractivity contribution in [3.63, 3.8) is 0 Å². The first-order valence-electron chi connectivity index (χ1n) is 4.24. The minimum Gasteiger partial charge on any atom is -0.391 e. The van der Waals surface area contributed by atoms with Gasteiger partial charge in [-0.1, -0.05) is 33.0 Å². The Morgan fingerprint density at radius 2 is 2.00 bits per heavy atom. The number of hydrogen-bond acceptors (Lipinski definition) is 2. The summed E-state index contributed by atoms with van der Waals surface area (Å²) < 4.78 is 5.41. The van der Waals surface area contributed by atoms with E-state index >= 15 is 0 Å². The normalized spacial score (nSPS) is 14.3. The van der Waals surface area contributed by atoms with E-state index in [4.69, 9.17) is 22.7 Å². The van der Waals surface area contributed by atoms with Gasteiger partial charge < -0.3 is 10.5 Å². The summed E-state index contributed by atoms with van der Waals surface area (Å²) in [5, 5.41) is 0. The van der Waals surface area contributed by atoms with Gasteiger partial charge in [-0.25, -0.2) is 0 Å². The largest absolute Gasteiger partial charge is 0.391 e. The van der Waals surface area contributed by atoms with Crippen molar-refractivity contribution < 1.29 is 4.74 Å². The summed E-state index contributed by atoms with van der Waals surface area (Å²) in [6.07, 6.45) is 0.933. The van der Waals surface area contributed by atoms with Crippen LogP contribution in [-0.4, -0.2) is 17.7 Å². The second-order valence-corrected chi connectivity index (χ2v) is 4.70. The zero-order chi connectivity index (χ0) is 9.78. The first kappa shape index (κ1) is 11.8. The third kappa shape index (κ3) is 6.55. The van der Waals surface area contributed by atoms with Crippen molar-refractivity contribution in [1.29, 1.82) is 0 Å². The van der Waals surface area contributed by atoms with Gasteiger partial charge in [-0.15, -0.1) is 0 Å². The minimum atomic E-state index is -0.0950. The number of nitrogens with two attached hydrogens (primary N) is 1. The van der Waals surface area contributed by atoms with Gasteiger partial charge in [-0.05, 0) is 18.8 Å². The second kappa shape index (κ2) is 4.77. The molecule has 72 valence electrons. The third-order valence-electron chi connectivity index (χ3n) is 1.62. The van der Waals surface area contributed by atoms with Crippen molar-refractivity contribution in [2.24, 2.45) is 11.1 Å². The van der Waals surface area contributed by atoms with E-state index in [0.29, 0.717) is 10.4 Å². The average Bonchev–Trinajstić information content (AvgIpc) is 1.84. The molecule has 0 aromatic carbocycles. The van der Waals surface area contributed by atoms with Crippen LogP contribution in [0.25, 0.3) is 0 Å². The Kier molecular flexibility index (Phi) is 4.71. The third-order valence-corrected chi connectivity index (χ3v) is 1.95. The fraction of sp³-hybridized carbons (Fsp3) is 0.889. The Balaban J connectivity index is 3.51. The van der Waals surface area contributed by atoms with Gasteiger partial charge in [0.25, 0.3) is 0 Å². The van der Waals surface area contributed by atoms with E-state index in [1.807, 2.05) is 6.92 Å². The lowest BCUT2D eigenvalue weighted by molar-refractivity contribution is 0.0877. The lowest BCUT2D eigenvalue weighted by atomic mass is 9.93. The fourth-order valence-electron chi connectivity index (χ4n) is 0.624. The molecule has 2 nitrogen and oxygen atoms in total. The predicted molar refractivity (Wildman–Crippen MR) is 56.3 cm³/mol. The molecule has 0 aliphatic heterocycles. The highest BCUT2D eigenvalue weighted by Crippen LogP contribution is 2.18. The highest BCUT2D eigenvalue weighted by atomic mass is 32.1. The molecular weight excluding hydrogens is 170 g/mol. The Morgan fingerprint density at radius 3 is 2.33 bits per heavy atom. The summed E-state index contributed by atoms with van der Waals surface area (Å²) in [7, 11) is 0. The van der Waals surface area contributed by atoms with Crippen LogP contribution in [0.4, 0.5) is 0 Å². The minimum absolute atomic E-state index is 0.0950. The molecule has 1 unspecified atom stereocenters. The molecule has 1 atom stereocenters. The van der Waals surface area contributed by atoms with Crippen LogP contribution in [0.5, 0.6) is 0 Å². The van der Waals surface area contributed by atoms with E-state index in [1.165, 1.54) is 0 Å². The van der Waals surface area contributed by atoms with E-state index in [0.717, 1.165) is 13.0 Å². The fourth-order valence-corrected chi connectivity index (χ4v) is 0.692. The first-order chi connectivity index (χ1) is 5.33. The SMILES string of the molecule is CC(OCCC(C)(C)C)C(N)=S. The van der Waals surface area contributed by atoms with Crippen molar-refractivity contribution in [2.75, 3.05) is 6.61 Å². The second-order valence-electron chi connectivity index (χ2n) is 4.23. The highest BCUT2D eigenvalue weighted by molar-refractivity contribution is 7.80. The summed E-state index contributed by atoms with van der Waals surface area (Å²) in [5.74, 6) is 0. The van der Waals surface area contributed by atoms with Crippen LogP contribution in [0.15, 0.2) is 0 Å². The van der Waals surface area contributed by atoms with Crippen molar-refractivity contribution in [2.45, 2.75) is 40.2 Å².